The molecular weight excluding hydrogens is 367 g/mol. The fourth-order valence-electron chi connectivity index (χ4n) is 3.21. The number of piperidine rings is 1. The molecule has 27 heavy (non-hydrogen) atoms. The van der Waals surface area contributed by atoms with Gasteiger partial charge >= 0.3 is 0 Å². The lowest BCUT2D eigenvalue weighted by Crippen LogP contribution is -2.41. The monoisotopic (exact) mass is 390 g/mol. The van der Waals surface area contributed by atoms with Gasteiger partial charge < -0.3 is 20.9 Å². The Labute approximate surface area is 163 Å². The fourth-order valence-corrected chi connectivity index (χ4v) is 3.37. The number of halogens is 2. The van der Waals surface area contributed by atoms with Crippen LogP contribution in [0.2, 0.25) is 5.02 Å². The van der Waals surface area contributed by atoms with Gasteiger partial charge in [-0.05, 0) is 31.5 Å². The maximum atomic E-state index is 14.3. The van der Waals surface area contributed by atoms with Crippen LogP contribution in [0.15, 0.2) is 47.8 Å². The highest BCUT2D eigenvalue weighted by Gasteiger charge is 2.16. The van der Waals surface area contributed by atoms with E-state index in [4.69, 9.17) is 17.3 Å². The fraction of sp³-hybridized carbons (Fsp3) is 0.368. The van der Waals surface area contributed by atoms with Crippen molar-refractivity contribution in [1.82, 2.24) is 20.2 Å². The molecule has 0 aromatic carbocycles. The van der Waals surface area contributed by atoms with Crippen molar-refractivity contribution in [3.05, 3.63) is 53.3 Å². The van der Waals surface area contributed by atoms with Crippen molar-refractivity contribution in [2.45, 2.75) is 25.3 Å². The molecular formula is C19H24ClFN6. The molecule has 1 aliphatic heterocycles. The molecule has 4 N–H and O–H groups in total. The van der Waals surface area contributed by atoms with Gasteiger partial charge in [0.15, 0.2) is 11.6 Å². The number of aliphatic imine (C=N–C) groups is 1. The molecule has 3 heterocycles. The molecule has 1 saturated heterocycles. The molecule has 3 rings (SSSR count). The molecule has 0 radical (unpaired) electrons. The summed E-state index contributed by atoms with van der Waals surface area (Å²) in [4.78, 5) is 8.61. The van der Waals surface area contributed by atoms with Gasteiger partial charge in [-0.3, -0.25) is 0 Å². The molecule has 0 bridgehead atoms. The van der Waals surface area contributed by atoms with E-state index in [0.29, 0.717) is 17.1 Å². The molecule has 8 heteroatoms. The van der Waals surface area contributed by atoms with Crippen LogP contribution >= 0.6 is 11.6 Å². The van der Waals surface area contributed by atoms with E-state index >= 15 is 0 Å². The van der Waals surface area contributed by atoms with E-state index < -0.39 is 5.83 Å². The zero-order chi connectivity index (χ0) is 19.4. The Balaban J connectivity index is 1.88. The van der Waals surface area contributed by atoms with Gasteiger partial charge in [-0.2, -0.15) is 0 Å². The van der Waals surface area contributed by atoms with E-state index in [0.717, 1.165) is 36.5 Å². The number of aryl methyl sites for hydroxylation is 1. The second kappa shape index (κ2) is 8.54. The molecule has 2 aromatic heterocycles. The lowest BCUT2D eigenvalue weighted by molar-refractivity contribution is 0.390. The molecule has 1 fully saturated rings. The third-order valence-electron chi connectivity index (χ3n) is 4.62. The summed E-state index contributed by atoms with van der Waals surface area (Å²) in [6, 6.07) is 2.05. The quantitative estimate of drug-likeness (QED) is 0.402. The molecule has 0 unspecified atom stereocenters. The van der Waals surface area contributed by atoms with Crippen LogP contribution in [0.3, 0.4) is 0 Å². The molecule has 6 nitrogen and oxygen atoms in total. The van der Waals surface area contributed by atoms with Crippen LogP contribution in [0.4, 0.5) is 4.39 Å². The lowest BCUT2D eigenvalue weighted by Gasteiger charge is -2.24. The molecule has 144 valence electrons. The highest BCUT2D eigenvalue weighted by molar-refractivity contribution is 6.31. The molecule has 0 aliphatic carbocycles. The Kier molecular flexibility index (Phi) is 6.13. The van der Waals surface area contributed by atoms with Crippen LogP contribution < -0.4 is 16.4 Å². The predicted octanol–water partition coefficient (Wildman–Crippen LogP) is 2.99. The van der Waals surface area contributed by atoms with Gasteiger partial charge in [-0.25, -0.2) is 14.4 Å². The van der Waals surface area contributed by atoms with Gasteiger partial charge in [-0.1, -0.05) is 24.6 Å². The number of nitrogens with two attached hydrogens (primary N) is 1. The summed E-state index contributed by atoms with van der Waals surface area (Å²) < 4.78 is 16.1. The minimum absolute atomic E-state index is 0.0712. The number of hydrogen-bond donors (Lipinski definition) is 3. The highest BCUT2D eigenvalue weighted by atomic mass is 35.5. The van der Waals surface area contributed by atoms with Crippen molar-refractivity contribution in [1.29, 1.82) is 0 Å². The van der Waals surface area contributed by atoms with Gasteiger partial charge in [0.25, 0.3) is 0 Å². The van der Waals surface area contributed by atoms with E-state index in [-0.39, 0.29) is 17.7 Å². The number of hydrogen-bond acceptors (Lipinski definition) is 4. The number of nitrogens with one attached hydrogen (secondary N) is 2. The van der Waals surface area contributed by atoms with E-state index in [2.05, 4.69) is 27.2 Å². The average Bonchev–Trinajstić information content (AvgIpc) is 3.01. The van der Waals surface area contributed by atoms with Crippen molar-refractivity contribution in [3.8, 4) is 0 Å². The number of aromatic nitrogens is 2. The van der Waals surface area contributed by atoms with Gasteiger partial charge in [0.05, 0.1) is 5.02 Å². The summed E-state index contributed by atoms with van der Waals surface area (Å²) in [5.74, 6) is -0.298. The predicted molar refractivity (Wildman–Crippen MR) is 108 cm³/mol. The van der Waals surface area contributed by atoms with E-state index in [1.54, 1.807) is 18.5 Å². The van der Waals surface area contributed by atoms with Crippen LogP contribution in [0.25, 0.3) is 11.0 Å². The number of amidine groups is 1. The average molecular weight is 391 g/mol. The van der Waals surface area contributed by atoms with E-state index in [1.807, 2.05) is 11.6 Å². The number of nitrogens with zero attached hydrogens (tertiary/aromatic N) is 3. The normalized spacial score (nSPS) is 19.1. The second-order valence-corrected chi connectivity index (χ2v) is 7.04. The second-order valence-electron chi connectivity index (χ2n) is 6.60. The zero-order valence-electron chi connectivity index (χ0n) is 15.3. The van der Waals surface area contributed by atoms with Crippen LogP contribution in [-0.2, 0) is 7.05 Å². The summed E-state index contributed by atoms with van der Waals surface area (Å²) in [6.45, 7) is 5.03. The first-order valence-electron chi connectivity index (χ1n) is 8.94. The summed E-state index contributed by atoms with van der Waals surface area (Å²) >= 11 is 6.06. The van der Waals surface area contributed by atoms with Crippen LogP contribution in [0, 0.1) is 0 Å². The number of pyridine rings is 1. The molecule has 0 spiro atoms. The number of allylic oxidation sites excluding steroid dienone is 2. The third kappa shape index (κ3) is 4.48. The van der Waals surface area contributed by atoms with Crippen molar-refractivity contribution in [2.24, 2.45) is 17.8 Å². The SMILES string of the molecule is C=C/C(F)=C(\N=C(N)c1cn(C)c2ncc(Cl)cc12)NC[C@H]1CCCCN1. The topological polar surface area (TPSA) is 80.3 Å². The van der Waals surface area contributed by atoms with Crippen molar-refractivity contribution in [2.75, 3.05) is 13.1 Å². The van der Waals surface area contributed by atoms with Crippen molar-refractivity contribution >= 4 is 28.5 Å². The van der Waals surface area contributed by atoms with Gasteiger partial charge in [0.2, 0.25) is 0 Å². The zero-order valence-corrected chi connectivity index (χ0v) is 16.1. The molecule has 1 aliphatic rings. The minimum atomic E-state index is -0.551. The maximum absolute atomic E-state index is 14.3. The first-order chi connectivity index (χ1) is 13.0. The first-order valence-corrected chi connectivity index (χ1v) is 9.32. The Morgan fingerprint density at radius 3 is 3.11 bits per heavy atom. The number of fused-ring (bicyclic) bond motifs is 1. The summed E-state index contributed by atoms with van der Waals surface area (Å²) in [6.07, 6.45) is 7.87. The van der Waals surface area contributed by atoms with Gasteiger partial charge in [-0.15, -0.1) is 0 Å². The van der Waals surface area contributed by atoms with Crippen LogP contribution in [0.5, 0.6) is 0 Å². The third-order valence-corrected chi connectivity index (χ3v) is 4.83. The molecule has 1 atom stereocenters. The molecule has 0 saturated carbocycles. The Hall–Kier alpha value is -2.38. The molecule has 0 amide bonds. The summed E-state index contributed by atoms with van der Waals surface area (Å²) in [5, 5.41) is 7.73. The number of rotatable bonds is 6. The Morgan fingerprint density at radius 2 is 2.41 bits per heavy atom. The lowest BCUT2D eigenvalue weighted by atomic mass is 10.1. The van der Waals surface area contributed by atoms with Crippen LogP contribution in [-0.4, -0.2) is 34.5 Å². The van der Waals surface area contributed by atoms with E-state index in [1.165, 1.54) is 6.42 Å². The van der Waals surface area contributed by atoms with Crippen LogP contribution in [0.1, 0.15) is 24.8 Å². The smallest absolute Gasteiger partial charge is 0.164 e. The highest BCUT2D eigenvalue weighted by Crippen LogP contribution is 2.22. The standard InChI is InChI=1S/C19H24ClFN6/c1-3-16(21)18(24-10-13-6-4-5-7-23-13)26-17(22)15-11-27(2)19-14(15)8-12(20)9-25-19/h3,8-9,11,13,23-24H,1,4-7,10H2,2H3,(H2,22,26)/b18-16+/t13-/m1/s1. The molecule has 2 aromatic rings. The van der Waals surface area contributed by atoms with E-state index in [9.17, 15) is 4.39 Å². The van der Waals surface area contributed by atoms with Crippen molar-refractivity contribution < 1.29 is 4.39 Å². The Bertz CT molecular complexity index is 895. The Morgan fingerprint density at radius 1 is 1.59 bits per heavy atom. The van der Waals surface area contributed by atoms with Gasteiger partial charge in [0.1, 0.15) is 11.5 Å². The minimum Gasteiger partial charge on any atom is -0.383 e. The van der Waals surface area contributed by atoms with Crippen molar-refractivity contribution in [3.63, 3.8) is 0 Å². The summed E-state index contributed by atoms with van der Waals surface area (Å²) in [5.41, 5.74) is 7.57. The van der Waals surface area contributed by atoms with Gasteiger partial charge in [0, 0.05) is 43.0 Å². The maximum Gasteiger partial charge on any atom is 0.164 e. The summed E-state index contributed by atoms with van der Waals surface area (Å²) in [7, 11) is 1.86. The largest absolute Gasteiger partial charge is 0.383 e. The first kappa shape index (κ1) is 19.4.